The summed E-state index contributed by atoms with van der Waals surface area (Å²) in [7, 11) is 0.316. The van der Waals surface area contributed by atoms with Gasteiger partial charge in [0.2, 0.25) is 11.8 Å². The van der Waals surface area contributed by atoms with Gasteiger partial charge in [-0.25, -0.2) is 4.31 Å². The number of likely N-dealkylation sites (N-methyl/N-ethyl adjacent to an activating group) is 1. The largest absolute Gasteiger partial charge is 0.357 e. The molecule has 0 bridgehead atoms. The highest BCUT2D eigenvalue weighted by Gasteiger charge is 2.33. The molecule has 0 heterocycles. The lowest BCUT2D eigenvalue weighted by Gasteiger charge is -2.33. The molecule has 10 heteroatoms. The average molecular weight is 495 g/mol. The first-order chi connectivity index (χ1) is 15.4. The smallest absolute Gasteiger partial charge is 0.304 e. The molecular formula is C23H31ClN4O4S. The van der Waals surface area contributed by atoms with Crippen LogP contribution in [-0.4, -0.2) is 63.2 Å². The number of nitrogens with one attached hydrogen (secondary N) is 1. The maximum atomic E-state index is 13.5. The zero-order valence-electron chi connectivity index (χ0n) is 19.8. The summed E-state index contributed by atoms with van der Waals surface area (Å²) in [5.74, 6) is -0.878. The molecule has 2 aromatic rings. The van der Waals surface area contributed by atoms with Crippen LogP contribution in [0.4, 0.5) is 5.69 Å². The number of rotatable bonds is 9. The fourth-order valence-electron chi connectivity index (χ4n) is 3.31. The number of benzene rings is 2. The maximum absolute atomic E-state index is 13.5. The lowest BCUT2D eigenvalue weighted by atomic mass is 10.1. The summed E-state index contributed by atoms with van der Waals surface area (Å²) < 4.78 is 28.5. The van der Waals surface area contributed by atoms with Crippen LogP contribution in [0.2, 0.25) is 5.02 Å². The molecule has 2 aromatic carbocycles. The van der Waals surface area contributed by atoms with Gasteiger partial charge in [0.1, 0.15) is 12.6 Å². The summed E-state index contributed by atoms with van der Waals surface area (Å²) in [5.41, 5.74) is 2.70. The van der Waals surface area contributed by atoms with Crippen LogP contribution in [0.15, 0.2) is 42.5 Å². The van der Waals surface area contributed by atoms with Crippen LogP contribution in [0.5, 0.6) is 0 Å². The molecule has 0 unspecified atom stereocenters. The molecule has 2 rings (SSSR count). The van der Waals surface area contributed by atoms with Crippen LogP contribution in [-0.2, 0) is 26.3 Å². The van der Waals surface area contributed by atoms with Crippen molar-refractivity contribution in [1.29, 1.82) is 0 Å². The Morgan fingerprint density at radius 1 is 1.09 bits per heavy atom. The van der Waals surface area contributed by atoms with E-state index in [1.165, 1.54) is 26.0 Å². The number of carbonyl (C=O) groups excluding carboxylic acids is 2. The van der Waals surface area contributed by atoms with Crippen LogP contribution in [0.1, 0.15) is 23.6 Å². The molecule has 1 atom stereocenters. The summed E-state index contributed by atoms with van der Waals surface area (Å²) in [6, 6.07) is 11.6. The first kappa shape index (κ1) is 26.6. The topological polar surface area (TPSA) is 90.0 Å². The van der Waals surface area contributed by atoms with Gasteiger partial charge in [-0.3, -0.25) is 9.59 Å². The monoisotopic (exact) mass is 494 g/mol. The van der Waals surface area contributed by atoms with Gasteiger partial charge >= 0.3 is 10.2 Å². The Morgan fingerprint density at radius 2 is 1.76 bits per heavy atom. The van der Waals surface area contributed by atoms with Crippen LogP contribution in [0.3, 0.4) is 0 Å². The molecular weight excluding hydrogens is 464 g/mol. The fraction of sp³-hybridized carbons (Fsp3) is 0.391. The zero-order valence-corrected chi connectivity index (χ0v) is 21.4. The van der Waals surface area contributed by atoms with Crippen molar-refractivity contribution in [1.82, 2.24) is 14.5 Å². The van der Waals surface area contributed by atoms with Gasteiger partial charge in [-0.05, 0) is 55.7 Å². The predicted octanol–water partition coefficient (Wildman–Crippen LogP) is 2.73. The molecule has 1 N–H and O–H groups in total. The first-order valence-electron chi connectivity index (χ1n) is 10.4. The number of aryl methyl sites for hydroxylation is 2. The average Bonchev–Trinajstić information content (AvgIpc) is 2.76. The molecule has 0 fully saturated rings. The van der Waals surface area contributed by atoms with E-state index >= 15 is 0 Å². The minimum absolute atomic E-state index is 0.0939. The van der Waals surface area contributed by atoms with E-state index in [1.807, 2.05) is 19.1 Å². The molecule has 0 aliphatic heterocycles. The quantitative estimate of drug-likeness (QED) is 0.580. The Balaban J connectivity index is 2.51. The van der Waals surface area contributed by atoms with E-state index < -0.39 is 28.7 Å². The first-order valence-corrected chi connectivity index (χ1v) is 12.2. The molecule has 0 aliphatic rings. The third kappa shape index (κ3) is 6.46. The van der Waals surface area contributed by atoms with Crippen LogP contribution in [0.25, 0.3) is 0 Å². The maximum Gasteiger partial charge on any atom is 0.304 e. The lowest BCUT2D eigenvalue weighted by molar-refractivity contribution is -0.139. The molecule has 0 aliphatic carbocycles. The molecule has 0 saturated carbocycles. The van der Waals surface area contributed by atoms with Gasteiger partial charge in [-0.1, -0.05) is 35.9 Å². The van der Waals surface area contributed by atoms with Crippen molar-refractivity contribution >= 4 is 39.3 Å². The highest BCUT2D eigenvalue weighted by Crippen LogP contribution is 2.26. The summed E-state index contributed by atoms with van der Waals surface area (Å²) in [6.07, 6.45) is 0. The van der Waals surface area contributed by atoms with E-state index in [9.17, 15) is 18.0 Å². The number of amides is 2. The van der Waals surface area contributed by atoms with Crippen molar-refractivity contribution in [3.05, 3.63) is 64.2 Å². The second-order valence-electron chi connectivity index (χ2n) is 8.03. The van der Waals surface area contributed by atoms with Gasteiger partial charge in [-0.15, -0.1) is 0 Å². The molecule has 0 saturated heterocycles. The number of hydrogen-bond donors (Lipinski definition) is 1. The highest BCUT2D eigenvalue weighted by atomic mass is 35.5. The minimum atomic E-state index is -3.99. The van der Waals surface area contributed by atoms with Crippen molar-refractivity contribution in [2.24, 2.45) is 0 Å². The number of halogens is 1. The number of anilines is 1. The summed E-state index contributed by atoms with van der Waals surface area (Å²) >= 11 is 6.09. The normalized spacial score (nSPS) is 12.4. The van der Waals surface area contributed by atoms with Crippen LogP contribution < -0.4 is 9.62 Å². The Morgan fingerprint density at radius 3 is 2.33 bits per heavy atom. The second kappa shape index (κ2) is 11.0. The second-order valence-corrected chi connectivity index (χ2v) is 10.5. The molecule has 8 nitrogen and oxygen atoms in total. The Bertz CT molecular complexity index is 1120. The van der Waals surface area contributed by atoms with Crippen molar-refractivity contribution in [2.75, 3.05) is 32.0 Å². The molecule has 33 heavy (non-hydrogen) atoms. The van der Waals surface area contributed by atoms with E-state index in [2.05, 4.69) is 5.32 Å². The van der Waals surface area contributed by atoms with Gasteiger partial charge in [0.05, 0.1) is 5.69 Å². The summed E-state index contributed by atoms with van der Waals surface area (Å²) in [6.45, 7) is 4.87. The zero-order chi connectivity index (χ0) is 24.9. The van der Waals surface area contributed by atoms with E-state index in [-0.39, 0.29) is 12.5 Å². The lowest BCUT2D eigenvalue weighted by Crippen LogP contribution is -2.52. The van der Waals surface area contributed by atoms with E-state index in [4.69, 9.17) is 11.6 Å². The third-order valence-electron chi connectivity index (χ3n) is 5.31. The van der Waals surface area contributed by atoms with Gasteiger partial charge in [0, 0.05) is 32.7 Å². The minimum Gasteiger partial charge on any atom is -0.357 e. The van der Waals surface area contributed by atoms with Crippen molar-refractivity contribution in [3.63, 3.8) is 0 Å². The van der Waals surface area contributed by atoms with Crippen molar-refractivity contribution < 1.29 is 18.0 Å². The number of hydrogen-bond acceptors (Lipinski definition) is 4. The van der Waals surface area contributed by atoms with E-state index in [0.29, 0.717) is 16.3 Å². The van der Waals surface area contributed by atoms with E-state index in [0.717, 1.165) is 19.7 Å². The SMILES string of the molecule is CNC(=O)[C@@H](C)N(Cc1cccc(Cl)c1)C(=O)CN(c1cc(C)ccc1C)S(=O)(=O)N(C)C. The highest BCUT2D eigenvalue weighted by molar-refractivity contribution is 7.90. The van der Waals surface area contributed by atoms with Crippen LogP contribution >= 0.6 is 11.6 Å². The van der Waals surface area contributed by atoms with E-state index in [1.54, 1.807) is 44.2 Å². The van der Waals surface area contributed by atoms with Gasteiger partial charge < -0.3 is 10.2 Å². The standard InChI is InChI=1S/C23H31ClN4O4S/c1-16-10-11-17(2)21(12-16)28(33(31,32)26(5)6)15-22(29)27(18(3)23(30)25-4)14-19-8-7-9-20(24)13-19/h7-13,18H,14-15H2,1-6H3,(H,25,30)/t18-/m1/s1. The van der Waals surface area contributed by atoms with Gasteiger partial charge in [0.25, 0.3) is 0 Å². The van der Waals surface area contributed by atoms with Crippen molar-refractivity contribution in [2.45, 2.75) is 33.4 Å². The molecule has 180 valence electrons. The van der Waals surface area contributed by atoms with Crippen LogP contribution in [0, 0.1) is 13.8 Å². The molecule has 0 spiro atoms. The van der Waals surface area contributed by atoms with Gasteiger partial charge in [0.15, 0.2) is 0 Å². The number of carbonyl (C=O) groups is 2. The predicted molar refractivity (Wildman–Crippen MR) is 131 cm³/mol. The van der Waals surface area contributed by atoms with Gasteiger partial charge in [-0.2, -0.15) is 12.7 Å². The number of nitrogens with zero attached hydrogens (tertiary/aromatic N) is 3. The fourth-order valence-corrected chi connectivity index (χ4v) is 4.64. The summed E-state index contributed by atoms with van der Waals surface area (Å²) in [5, 5.41) is 3.05. The Kier molecular flexibility index (Phi) is 8.88. The molecule has 0 radical (unpaired) electrons. The Hall–Kier alpha value is -2.62. The molecule has 0 aromatic heterocycles. The summed E-state index contributed by atoms with van der Waals surface area (Å²) in [4.78, 5) is 27.3. The third-order valence-corrected chi connectivity index (χ3v) is 7.35. The van der Waals surface area contributed by atoms with Crippen molar-refractivity contribution in [3.8, 4) is 0 Å². The molecule has 2 amide bonds. The Labute approximate surface area is 201 Å².